The molecule has 1 heterocycles. The summed E-state index contributed by atoms with van der Waals surface area (Å²) < 4.78 is 2.22. The van der Waals surface area contributed by atoms with Crippen LogP contribution in [0.15, 0.2) is 52.3 Å². The zero-order valence-electron chi connectivity index (χ0n) is 11.0. The Kier molecular flexibility index (Phi) is 3.72. The van der Waals surface area contributed by atoms with E-state index < -0.39 is 0 Å². The normalized spacial score (nSPS) is 10.9. The summed E-state index contributed by atoms with van der Waals surface area (Å²) in [6.07, 6.45) is 0.460. The minimum Gasteiger partial charge on any atom is -0.294 e. The topological polar surface area (TPSA) is 17.1 Å². The maximum Gasteiger partial charge on any atom is 0.167 e. The number of rotatable bonds is 3. The van der Waals surface area contributed by atoms with E-state index in [2.05, 4.69) is 33.4 Å². The van der Waals surface area contributed by atoms with E-state index in [-0.39, 0.29) is 5.78 Å². The van der Waals surface area contributed by atoms with Crippen molar-refractivity contribution in [1.29, 1.82) is 0 Å². The molecule has 1 aromatic heterocycles. The first-order chi connectivity index (χ1) is 9.66. The van der Waals surface area contributed by atoms with Gasteiger partial charge < -0.3 is 0 Å². The maximum atomic E-state index is 12.5. The van der Waals surface area contributed by atoms with Crippen molar-refractivity contribution < 1.29 is 4.79 Å². The summed E-state index contributed by atoms with van der Waals surface area (Å²) in [6.45, 7) is 1.98. The fourth-order valence-corrected chi connectivity index (χ4v) is 3.68. The van der Waals surface area contributed by atoms with E-state index in [1.165, 1.54) is 10.1 Å². The Morgan fingerprint density at radius 3 is 2.80 bits per heavy atom. The Hall–Kier alpha value is -1.45. The lowest BCUT2D eigenvalue weighted by Crippen LogP contribution is -2.05. The van der Waals surface area contributed by atoms with Crippen molar-refractivity contribution in [2.75, 3.05) is 0 Å². The van der Waals surface area contributed by atoms with Crippen molar-refractivity contribution in [1.82, 2.24) is 0 Å². The zero-order valence-corrected chi connectivity index (χ0v) is 13.4. The molecule has 0 N–H and O–H groups in total. The van der Waals surface area contributed by atoms with E-state index in [0.29, 0.717) is 6.42 Å². The van der Waals surface area contributed by atoms with Crippen LogP contribution < -0.4 is 0 Å². The van der Waals surface area contributed by atoms with Crippen LogP contribution in [0.3, 0.4) is 0 Å². The Balaban J connectivity index is 1.95. The highest BCUT2D eigenvalue weighted by Gasteiger charge is 2.13. The number of hydrogen-bond acceptors (Lipinski definition) is 2. The highest BCUT2D eigenvalue weighted by molar-refractivity contribution is 9.10. The molecule has 3 rings (SSSR count). The minimum absolute atomic E-state index is 0.173. The van der Waals surface area contributed by atoms with Gasteiger partial charge in [0.25, 0.3) is 0 Å². The summed E-state index contributed by atoms with van der Waals surface area (Å²) in [5, 5.41) is 3.29. The average molecular weight is 345 g/mol. The molecular formula is C17H13BrOS. The third-order valence-corrected chi connectivity index (χ3v) is 5.35. The van der Waals surface area contributed by atoms with Gasteiger partial charge in [0.1, 0.15) is 0 Å². The van der Waals surface area contributed by atoms with Gasteiger partial charge in [-0.05, 0) is 40.9 Å². The molecule has 1 nitrogen and oxygen atoms in total. The van der Waals surface area contributed by atoms with Gasteiger partial charge in [0.2, 0.25) is 0 Å². The van der Waals surface area contributed by atoms with Crippen LogP contribution in [-0.4, -0.2) is 5.78 Å². The number of carbonyl (C=O) groups excluding carboxylic acids is 1. The summed E-state index contributed by atoms with van der Waals surface area (Å²) in [5.41, 5.74) is 2.93. The van der Waals surface area contributed by atoms with Gasteiger partial charge in [0.15, 0.2) is 5.78 Å². The number of hydrogen-bond donors (Lipinski definition) is 0. The molecule has 0 saturated heterocycles. The maximum absolute atomic E-state index is 12.5. The van der Waals surface area contributed by atoms with E-state index in [4.69, 9.17) is 0 Å². The highest BCUT2D eigenvalue weighted by Crippen LogP contribution is 2.27. The van der Waals surface area contributed by atoms with Crippen molar-refractivity contribution in [3.05, 3.63) is 69.0 Å². The number of ketones is 1. The Morgan fingerprint density at radius 2 is 1.95 bits per heavy atom. The SMILES string of the molecule is Cc1c(Br)cccc1C(=O)Cc1csc2ccccc12. The molecule has 3 aromatic rings. The molecule has 0 amide bonds. The van der Waals surface area contributed by atoms with Crippen molar-refractivity contribution >= 4 is 43.1 Å². The average Bonchev–Trinajstić information content (AvgIpc) is 2.85. The van der Waals surface area contributed by atoms with Gasteiger partial charge in [-0.3, -0.25) is 4.79 Å². The molecule has 0 spiro atoms. The van der Waals surface area contributed by atoms with E-state index in [0.717, 1.165) is 21.2 Å². The van der Waals surface area contributed by atoms with Crippen molar-refractivity contribution in [3.63, 3.8) is 0 Å². The molecule has 0 atom stereocenters. The van der Waals surface area contributed by atoms with Gasteiger partial charge in [-0.1, -0.05) is 46.3 Å². The molecule has 0 unspecified atom stereocenters. The van der Waals surface area contributed by atoms with Gasteiger partial charge in [-0.2, -0.15) is 0 Å². The lowest BCUT2D eigenvalue weighted by atomic mass is 9.99. The molecule has 100 valence electrons. The van der Waals surface area contributed by atoms with E-state index >= 15 is 0 Å². The largest absolute Gasteiger partial charge is 0.294 e. The Labute approximate surface area is 130 Å². The van der Waals surface area contributed by atoms with Gasteiger partial charge in [0, 0.05) is 21.2 Å². The van der Waals surface area contributed by atoms with Gasteiger partial charge >= 0.3 is 0 Å². The van der Waals surface area contributed by atoms with E-state index in [9.17, 15) is 4.79 Å². The minimum atomic E-state index is 0.173. The van der Waals surface area contributed by atoms with E-state index in [1.54, 1.807) is 11.3 Å². The quantitative estimate of drug-likeness (QED) is 0.581. The van der Waals surface area contributed by atoms with Gasteiger partial charge in [-0.25, -0.2) is 0 Å². The molecule has 2 aromatic carbocycles. The highest BCUT2D eigenvalue weighted by atomic mass is 79.9. The number of fused-ring (bicyclic) bond motifs is 1. The van der Waals surface area contributed by atoms with Gasteiger partial charge in [0.05, 0.1) is 0 Å². The van der Waals surface area contributed by atoms with Crippen LogP contribution in [0, 0.1) is 6.92 Å². The van der Waals surface area contributed by atoms with Crippen LogP contribution in [0.4, 0.5) is 0 Å². The molecule has 0 saturated carbocycles. The molecule has 0 aliphatic rings. The fourth-order valence-electron chi connectivity index (χ4n) is 2.35. The fraction of sp³-hybridized carbons (Fsp3) is 0.118. The third-order valence-electron chi connectivity index (χ3n) is 3.48. The molecule has 0 fully saturated rings. The van der Waals surface area contributed by atoms with Crippen LogP contribution in [0.2, 0.25) is 0 Å². The predicted molar refractivity (Wildman–Crippen MR) is 88.7 cm³/mol. The number of halogens is 1. The van der Waals surface area contributed by atoms with Crippen LogP contribution in [0.25, 0.3) is 10.1 Å². The summed E-state index contributed by atoms with van der Waals surface area (Å²) in [5.74, 6) is 0.173. The van der Waals surface area contributed by atoms with Crippen molar-refractivity contribution in [2.24, 2.45) is 0 Å². The van der Waals surface area contributed by atoms with Crippen LogP contribution >= 0.6 is 27.3 Å². The second-order valence-electron chi connectivity index (χ2n) is 4.77. The number of Topliss-reactive ketones (excluding diaryl/α,β-unsaturated/α-hetero) is 1. The monoisotopic (exact) mass is 344 g/mol. The first-order valence-corrected chi connectivity index (χ1v) is 8.07. The lowest BCUT2D eigenvalue weighted by Gasteiger charge is -2.06. The second-order valence-corrected chi connectivity index (χ2v) is 6.54. The Bertz CT molecular complexity index is 789. The summed E-state index contributed by atoms with van der Waals surface area (Å²) in [4.78, 5) is 12.5. The predicted octanol–water partition coefficient (Wildman–Crippen LogP) is 5.40. The summed E-state index contributed by atoms with van der Waals surface area (Å²) in [7, 11) is 0. The molecule has 0 radical (unpaired) electrons. The Morgan fingerprint density at radius 1 is 1.15 bits per heavy atom. The van der Waals surface area contributed by atoms with Crippen molar-refractivity contribution in [2.45, 2.75) is 13.3 Å². The lowest BCUT2D eigenvalue weighted by molar-refractivity contribution is 0.0993. The van der Waals surface area contributed by atoms with Crippen LogP contribution in [0.5, 0.6) is 0 Å². The molecule has 20 heavy (non-hydrogen) atoms. The number of thiophene rings is 1. The molecule has 3 heteroatoms. The van der Waals surface area contributed by atoms with E-state index in [1.807, 2.05) is 37.3 Å². The molecule has 0 bridgehead atoms. The second kappa shape index (κ2) is 5.51. The first-order valence-electron chi connectivity index (χ1n) is 6.40. The van der Waals surface area contributed by atoms with Crippen LogP contribution in [0.1, 0.15) is 21.5 Å². The standard InChI is InChI=1S/C17H13BrOS/c1-11-13(6-4-7-15(11)18)16(19)9-12-10-20-17-8-3-2-5-14(12)17/h2-8,10H,9H2,1H3. The number of carbonyl (C=O) groups is 1. The zero-order chi connectivity index (χ0) is 14.1. The molecule has 0 aliphatic carbocycles. The van der Waals surface area contributed by atoms with Crippen LogP contribution in [-0.2, 0) is 6.42 Å². The molecule has 0 aliphatic heterocycles. The van der Waals surface area contributed by atoms with Gasteiger partial charge in [-0.15, -0.1) is 11.3 Å². The first kappa shape index (κ1) is 13.5. The van der Waals surface area contributed by atoms with Crippen molar-refractivity contribution in [3.8, 4) is 0 Å². The smallest absolute Gasteiger partial charge is 0.167 e. The third kappa shape index (κ3) is 2.43. The molecular weight excluding hydrogens is 332 g/mol. The summed E-state index contributed by atoms with van der Waals surface area (Å²) >= 11 is 5.18. The number of benzene rings is 2. The summed E-state index contributed by atoms with van der Waals surface area (Å²) in [6, 6.07) is 14.0.